The normalized spacial score (nSPS) is 29.2. The van der Waals surface area contributed by atoms with Crippen LogP contribution in [0.2, 0.25) is 0 Å². The van der Waals surface area contributed by atoms with Gasteiger partial charge >= 0.3 is 0 Å². The molecule has 0 bridgehead atoms. The minimum absolute atomic E-state index is 0.0923. The lowest BCUT2D eigenvalue weighted by Crippen LogP contribution is -2.48. The number of rotatable bonds is 2. The first-order valence-corrected chi connectivity index (χ1v) is 8.58. The van der Waals surface area contributed by atoms with E-state index in [1.54, 1.807) is 16.7 Å². The number of thioether (sulfide) groups is 1. The second kappa shape index (κ2) is 4.91. The van der Waals surface area contributed by atoms with Crippen LogP contribution in [0.5, 0.6) is 5.75 Å². The van der Waals surface area contributed by atoms with Crippen LogP contribution in [0, 0.1) is 0 Å². The van der Waals surface area contributed by atoms with Gasteiger partial charge in [0.15, 0.2) is 0 Å². The van der Waals surface area contributed by atoms with E-state index in [0.717, 1.165) is 29.8 Å². The molecule has 3 heterocycles. The SMILES string of the molecule is CC12CCC(=O)N1C(C(=O)Nc1ccc3c(c1)CCO3)CS2. The highest BCUT2D eigenvalue weighted by molar-refractivity contribution is 8.01. The Kier molecular flexibility index (Phi) is 3.11. The molecule has 4 rings (SSSR count). The Bertz CT molecular complexity index is 663. The first kappa shape index (κ1) is 13.9. The second-order valence-electron chi connectivity index (χ2n) is 6.18. The lowest BCUT2D eigenvalue weighted by molar-refractivity contribution is -0.135. The van der Waals surface area contributed by atoms with Gasteiger partial charge in [0.2, 0.25) is 11.8 Å². The number of hydrogen-bond acceptors (Lipinski definition) is 4. The largest absolute Gasteiger partial charge is 0.493 e. The fourth-order valence-electron chi connectivity index (χ4n) is 3.50. The van der Waals surface area contributed by atoms with Crippen LogP contribution in [0.1, 0.15) is 25.3 Å². The zero-order valence-corrected chi connectivity index (χ0v) is 13.2. The molecule has 2 atom stereocenters. The van der Waals surface area contributed by atoms with Crippen molar-refractivity contribution in [2.45, 2.75) is 37.1 Å². The first-order chi connectivity index (χ1) is 10.6. The number of hydrogen-bond donors (Lipinski definition) is 1. The van der Waals surface area contributed by atoms with E-state index in [1.807, 2.05) is 18.2 Å². The molecule has 0 radical (unpaired) electrons. The van der Waals surface area contributed by atoms with Crippen LogP contribution >= 0.6 is 11.8 Å². The number of carbonyl (C=O) groups is 2. The molecule has 1 N–H and O–H groups in total. The van der Waals surface area contributed by atoms with E-state index >= 15 is 0 Å². The lowest BCUT2D eigenvalue weighted by Gasteiger charge is -2.29. The summed E-state index contributed by atoms with van der Waals surface area (Å²) in [5.74, 6) is 1.57. The van der Waals surface area contributed by atoms with Crippen LogP contribution in [-0.4, -0.2) is 40.0 Å². The van der Waals surface area contributed by atoms with Crippen molar-refractivity contribution < 1.29 is 14.3 Å². The van der Waals surface area contributed by atoms with Crippen LogP contribution in [0.15, 0.2) is 18.2 Å². The second-order valence-corrected chi connectivity index (χ2v) is 7.68. The molecule has 0 saturated carbocycles. The summed E-state index contributed by atoms with van der Waals surface area (Å²) in [6, 6.07) is 5.35. The molecule has 116 valence electrons. The molecule has 0 aromatic heterocycles. The van der Waals surface area contributed by atoms with Crippen molar-refractivity contribution in [3.8, 4) is 5.75 Å². The van der Waals surface area contributed by atoms with Gasteiger partial charge in [-0.05, 0) is 37.1 Å². The van der Waals surface area contributed by atoms with E-state index in [0.29, 0.717) is 18.8 Å². The van der Waals surface area contributed by atoms with Crippen molar-refractivity contribution in [1.29, 1.82) is 0 Å². The van der Waals surface area contributed by atoms with E-state index < -0.39 is 0 Å². The van der Waals surface area contributed by atoms with Crippen molar-refractivity contribution >= 4 is 29.3 Å². The monoisotopic (exact) mass is 318 g/mol. The van der Waals surface area contributed by atoms with Crippen molar-refractivity contribution in [1.82, 2.24) is 4.90 Å². The maximum absolute atomic E-state index is 12.6. The molecule has 3 aliphatic rings. The summed E-state index contributed by atoms with van der Waals surface area (Å²) in [5, 5.41) is 2.96. The summed E-state index contributed by atoms with van der Waals surface area (Å²) < 4.78 is 5.47. The standard InChI is InChI=1S/C16H18N2O3S/c1-16-6-4-14(19)18(16)12(9-22-16)15(20)17-11-2-3-13-10(8-11)5-7-21-13/h2-3,8,12H,4-7,9H2,1H3,(H,17,20). The van der Waals surface area contributed by atoms with Gasteiger partial charge < -0.3 is 15.0 Å². The van der Waals surface area contributed by atoms with Gasteiger partial charge in [-0.1, -0.05) is 0 Å². The Morgan fingerprint density at radius 2 is 2.32 bits per heavy atom. The highest BCUT2D eigenvalue weighted by atomic mass is 32.2. The Balaban J connectivity index is 1.52. The molecule has 1 aromatic rings. The third kappa shape index (κ3) is 2.08. The summed E-state index contributed by atoms with van der Waals surface area (Å²) in [7, 11) is 0. The van der Waals surface area contributed by atoms with Gasteiger partial charge in [-0.3, -0.25) is 9.59 Å². The fourth-order valence-corrected chi connectivity index (χ4v) is 4.94. The maximum Gasteiger partial charge on any atom is 0.248 e. The number of ether oxygens (including phenoxy) is 1. The Labute approximate surface area is 133 Å². The molecule has 2 amide bonds. The summed E-state index contributed by atoms with van der Waals surface area (Å²) in [4.78, 5) is 26.3. The molecular weight excluding hydrogens is 300 g/mol. The van der Waals surface area contributed by atoms with Gasteiger partial charge in [-0.25, -0.2) is 0 Å². The number of amides is 2. The van der Waals surface area contributed by atoms with Crippen molar-refractivity contribution in [2.24, 2.45) is 0 Å². The van der Waals surface area contributed by atoms with Crippen LogP contribution in [0.3, 0.4) is 0 Å². The highest BCUT2D eigenvalue weighted by Crippen LogP contribution is 2.47. The lowest BCUT2D eigenvalue weighted by atomic mass is 10.1. The minimum Gasteiger partial charge on any atom is -0.493 e. The van der Waals surface area contributed by atoms with Gasteiger partial charge in [0.1, 0.15) is 11.8 Å². The van der Waals surface area contributed by atoms with E-state index in [1.165, 1.54) is 0 Å². The van der Waals surface area contributed by atoms with Gasteiger partial charge in [0, 0.05) is 24.3 Å². The van der Waals surface area contributed by atoms with E-state index in [4.69, 9.17) is 4.74 Å². The van der Waals surface area contributed by atoms with Gasteiger partial charge in [-0.15, -0.1) is 11.8 Å². The average Bonchev–Trinajstić information content (AvgIpc) is 3.15. The molecular formula is C16H18N2O3S. The molecule has 2 unspecified atom stereocenters. The molecule has 0 spiro atoms. The van der Waals surface area contributed by atoms with E-state index in [2.05, 4.69) is 12.2 Å². The van der Waals surface area contributed by atoms with E-state index in [9.17, 15) is 9.59 Å². The third-order valence-electron chi connectivity index (χ3n) is 4.70. The summed E-state index contributed by atoms with van der Waals surface area (Å²) >= 11 is 1.71. The average molecular weight is 318 g/mol. The Morgan fingerprint density at radius 1 is 1.45 bits per heavy atom. The molecule has 3 aliphatic heterocycles. The van der Waals surface area contributed by atoms with Gasteiger partial charge in [0.05, 0.1) is 11.5 Å². The molecule has 2 saturated heterocycles. The third-order valence-corrected chi connectivity index (χ3v) is 6.21. The molecule has 0 aliphatic carbocycles. The van der Waals surface area contributed by atoms with Gasteiger partial charge in [0.25, 0.3) is 0 Å². The Morgan fingerprint density at radius 3 is 3.18 bits per heavy atom. The number of benzene rings is 1. The van der Waals surface area contributed by atoms with Crippen LogP contribution in [-0.2, 0) is 16.0 Å². The number of nitrogens with one attached hydrogen (secondary N) is 1. The van der Waals surface area contributed by atoms with Crippen LogP contribution in [0.25, 0.3) is 0 Å². The number of fused-ring (bicyclic) bond motifs is 2. The molecule has 22 heavy (non-hydrogen) atoms. The fraction of sp³-hybridized carbons (Fsp3) is 0.500. The minimum atomic E-state index is -0.366. The maximum atomic E-state index is 12.6. The highest BCUT2D eigenvalue weighted by Gasteiger charge is 2.52. The molecule has 6 heteroatoms. The van der Waals surface area contributed by atoms with Gasteiger partial charge in [-0.2, -0.15) is 0 Å². The van der Waals surface area contributed by atoms with E-state index in [-0.39, 0.29) is 22.7 Å². The topological polar surface area (TPSA) is 58.6 Å². The molecule has 1 aromatic carbocycles. The van der Waals surface area contributed by atoms with Crippen molar-refractivity contribution in [3.05, 3.63) is 23.8 Å². The molecule has 2 fully saturated rings. The number of carbonyl (C=O) groups excluding carboxylic acids is 2. The quantitative estimate of drug-likeness (QED) is 0.906. The smallest absolute Gasteiger partial charge is 0.248 e. The van der Waals surface area contributed by atoms with Crippen LogP contribution < -0.4 is 10.1 Å². The van der Waals surface area contributed by atoms with Crippen LogP contribution in [0.4, 0.5) is 5.69 Å². The summed E-state index contributed by atoms with van der Waals surface area (Å²) in [6.07, 6.45) is 2.25. The predicted molar refractivity (Wildman–Crippen MR) is 85.0 cm³/mol. The zero-order chi connectivity index (χ0) is 15.3. The number of anilines is 1. The summed E-state index contributed by atoms with van der Waals surface area (Å²) in [6.45, 7) is 2.76. The number of nitrogens with zero attached hydrogens (tertiary/aromatic N) is 1. The van der Waals surface area contributed by atoms with Crippen molar-refractivity contribution in [3.63, 3.8) is 0 Å². The molecule has 5 nitrogen and oxygen atoms in total. The Hall–Kier alpha value is -1.69. The summed E-state index contributed by atoms with van der Waals surface area (Å²) in [5.41, 5.74) is 1.90. The predicted octanol–water partition coefficient (Wildman–Crippen LogP) is 2.01. The van der Waals surface area contributed by atoms with Crippen molar-refractivity contribution in [2.75, 3.05) is 17.7 Å². The first-order valence-electron chi connectivity index (χ1n) is 7.59. The zero-order valence-electron chi connectivity index (χ0n) is 12.4.